The number of hydrogen-bond acceptors (Lipinski definition) is 6. The molecule has 4 rings (SSSR count). The van der Waals surface area contributed by atoms with Crippen molar-refractivity contribution in [2.45, 2.75) is 45.3 Å². The van der Waals surface area contributed by atoms with Crippen molar-refractivity contribution >= 4 is 5.82 Å². The smallest absolute Gasteiger partial charge is 0.133 e. The largest absolute Gasteiger partial charge is 0.376 e. The molecule has 2 aliphatic rings. The van der Waals surface area contributed by atoms with Crippen LogP contribution in [-0.2, 0) is 31.2 Å². The predicted octanol–water partition coefficient (Wildman–Crippen LogP) is 1.71. The van der Waals surface area contributed by atoms with E-state index in [0.29, 0.717) is 6.10 Å². The Kier molecular flexibility index (Phi) is 5.17. The lowest BCUT2D eigenvalue weighted by Crippen LogP contribution is -2.25. The summed E-state index contributed by atoms with van der Waals surface area (Å²) in [7, 11) is 1.96. The van der Waals surface area contributed by atoms with Crippen LogP contribution >= 0.6 is 0 Å². The van der Waals surface area contributed by atoms with Crippen molar-refractivity contribution in [3.63, 3.8) is 0 Å². The minimum atomic E-state index is 0.314. The molecule has 0 aromatic carbocycles. The Morgan fingerprint density at radius 2 is 2.15 bits per heavy atom. The van der Waals surface area contributed by atoms with Crippen LogP contribution in [0.1, 0.15) is 35.5 Å². The van der Waals surface area contributed by atoms with Crippen molar-refractivity contribution in [3.8, 4) is 0 Å². The van der Waals surface area contributed by atoms with Gasteiger partial charge in [-0.05, 0) is 26.2 Å². The molecule has 2 aromatic heterocycles. The summed E-state index contributed by atoms with van der Waals surface area (Å²) in [5.74, 6) is 1.85. The van der Waals surface area contributed by atoms with Gasteiger partial charge in [-0.15, -0.1) is 0 Å². The number of nitrogens with zero attached hydrogens (tertiary/aromatic N) is 5. The van der Waals surface area contributed by atoms with Crippen molar-refractivity contribution in [2.75, 3.05) is 31.6 Å². The molecule has 7 heteroatoms. The molecule has 0 radical (unpaired) electrons. The van der Waals surface area contributed by atoms with Crippen LogP contribution in [0.15, 0.2) is 12.4 Å². The Labute approximate surface area is 154 Å². The highest BCUT2D eigenvalue weighted by molar-refractivity contribution is 5.47. The molecule has 26 heavy (non-hydrogen) atoms. The Balaban J connectivity index is 1.45. The van der Waals surface area contributed by atoms with Crippen molar-refractivity contribution in [2.24, 2.45) is 7.05 Å². The first-order chi connectivity index (χ1) is 12.7. The number of aryl methyl sites for hydroxylation is 2. The predicted molar refractivity (Wildman–Crippen MR) is 100 cm³/mol. The topological polar surface area (TPSA) is 68.1 Å². The second kappa shape index (κ2) is 7.72. The fourth-order valence-electron chi connectivity index (χ4n) is 3.90. The Bertz CT molecular complexity index is 752. The highest BCUT2D eigenvalue weighted by atomic mass is 16.5. The average molecular weight is 356 g/mol. The monoisotopic (exact) mass is 356 g/mol. The van der Waals surface area contributed by atoms with E-state index in [2.05, 4.69) is 21.5 Å². The van der Waals surface area contributed by atoms with E-state index in [1.165, 1.54) is 16.8 Å². The summed E-state index contributed by atoms with van der Waals surface area (Å²) in [6.45, 7) is 6.67. The lowest BCUT2D eigenvalue weighted by atomic mass is 10.1. The Morgan fingerprint density at radius 1 is 1.27 bits per heavy atom. The van der Waals surface area contributed by atoms with Crippen molar-refractivity contribution in [1.82, 2.24) is 24.6 Å². The van der Waals surface area contributed by atoms with Crippen LogP contribution in [0.2, 0.25) is 0 Å². The SMILES string of the molecule is Cc1nc2c(c(NC[C@@H]3CCCO3)n1)CCN(Cc1cnn(C)c1)CC2. The summed E-state index contributed by atoms with van der Waals surface area (Å²) < 4.78 is 7.60. The third-order valence-corrected chi connectivity index (χ3v) is 5.23. The summed E-state index contributed by atoms with van der Waals surface area (Å²) in [5.41, 5.74) is 3.74. The van der Waals surface area contributed by atoms with E-state index in [9.17, 15) is 0 Å². The first kappa shape index (κ1) is 17.4. The molecule has 1 atom stereocenters. The molecule has 2 aromatic rings. The molecule has 1 fully saturated rings. The molecule has 1 N–H and O–H groups in total. The number of rotatable bonds is 5. The van der Waals surface area contributed by atoms with Gasteiger partial charge in [0.25, 0.3) is 0 Å². The zero-order chi connectivity index (χ0) is 17.9. The van der Waals surface area contributed by atoms with Crippen molar-refractivity contribution < 1.29 is 4.74 Å². The fraction of sp³-hybridized carbons (Fsp3) is 0.632. The Morgan fingerprint density at radius 3 is 2.92 bits per heavy atom. The maximum Gasteiger partial charge on any atom is 0.133 e. The van der Waals surface area contributed by atoms with Crippen molar-refractivity contribution in [1.29, 1.82) is 0 Å². The lowest BCUT2D eigenvalue weighted by Gasteiger charge is -2.18. The molecular formula is C19H28N6O. The van der Waals surface area contributed by atoms with Gasteiger partial charge in [-0.2, -0.15) is 5.10 Å². The van der Waals surface area contributed by atoms with Gasteiger partial charge in [0.15, 0.2) is 0 Å². The summed E-state index contributed by atoms with van der Waals surface area (Å²) in [4.78, 5) is 11.9. The minimum Gasteiger partial charge on any atom is -0.376 e. The van der Waals surface area contributed by atoms with Crippen LogP contribution in [0.5, 0.6) is 0 Å². The zero-order valence-electron chi connectivity index (χ0n) is 15.7. The number of hydrogen-bond donors (Lipinski definition) is 1. The van der Waals surface area contributed by atoms with Gasteiger partial charge in [-0.25, -0.2) is 9.97 Å². The first-order valence-electron chi connectivity index (χ1n) is 9.59. The van der Waals surface area contributed by atoms with Gasteiger partial charge < -0.3 is 10.1 Å². The molecule has 7 nitrogen and oxygen atoms in total. The number of ether oxygens (including phenoxy) is 1. The highest BCUT2D eigenvalue weighted by Gasteiger charge is 2.21. The summed E-state index contributed by atoms with van der Waals surface area (Å²) in [6, 6.07) is 0. The van der Waals surface area contributed by atoms with Crippen LogP contribution < -0.4 is 5.32 Å². The molecule has 1 saturated heterocycles. The average Bonchev–Trinajstić information content (AvgIpc) is 3.23. The van der Waals surface area contributed by atoms with Crippen LogP contribution in [0.25, 0.3) is 0 Å². The van der Waals surface area contributed by atoms with Gasteiger partial charge in [-0.1, -0.05) is 0 Å². The Hall–Kier alpha value is -1.99. The fourth-order valence-corrected chi connectivity index (χ4v) is 3.90. The van der Waals surface area contributed by atoms with E-state index >= 15 is 0 Å². The number of nitrogens with one attached hydrogen (secondary N) is 1. The maximum atomic E-state index is 5.74. The van der Waals surface area contributed by atoms with Crippen LogP contribution in [-0.4, -0.2) is 57.0 Å². The molecular weight excluding hydrogens is 328 g/mol. The van der Waals surface area contributed by atoms with Gasteiger partial charge in [-0.3, -0.25) is 9.58 Å². The summed E-state index contributed by atoms with van der Waals surface area (Å²) >= 11 is 0. The minimum absolute atomic E-state index is 0.314. The van der Waals surface area contributed by atoms with Crippen molar-refractivity contribution in [3.05, 3.63) is 35.0 Å². The van der Waals surface area contributed by atoms with E-state index in [1.807, 2.05) is 24.9 Å². The lowest BCUT2D eigenvalue weighted by molar-refractivity contribution is 0.120. The molecule has 0 saturated carbocycles. The second-order valence-electron chi connectivity index (χ2n) is 7.36. The molecule has 0 amide bonds. The molecule has 140 valence electrons. The zero-order valence-corrected chi connectivity index (χ0v) is 15.7. The number of aromatic nitrogens is 4. The third kappa shape index (κ3) is 4.04. The normalized spacial score (nSPS) is 20.8. The van der Waals surface area contributed by atoms with Gasteiger partial charge in [0.1, 0.15) is 11.6 Å². The molecule has 0 aliphatic carbocycles. The van der Waals surface area contributed by atoms with E-state index in [0.717, 1.165) is 70.1 Å². The molecule has 4 heterocycles. The summed E-state index contributed by atoms with van der Waals surface area (Å²) in [5, 5.41) is 7.82. The maximum absolute atomic E-state index is 5.74. The quantitative estimate of drug-likeness (QED) is 0.880. The molecule has 0 bridgehead atoms. The van der Waals surface area contributed by atoms with E-state index in [1.54, 1.807) is 0 Å². The summed E-state index contributed by atoms with van der Waals surface area (Å²) in [6.07, 6.45) is 8.60. The first-order valence-corrected chi connectivity index (χ1v) is 9.59. The van der Waals surface area contributed by atoms with Gasteiger partial charge in [0, 0.05) is 63.6 Å². The highest BCUT2D eigenvalue weighted by Crippen LogP contribution is 2.23. The van der Waals surface area contributed by atoms with E-state index in [4.69, 9.17) is 14.7 Å². The van der Waals surface area contributed by atoms with Crippen LogP contribution in [0, 0.1) is 6.92 Å². The molecule has 2 aliphatic heterocycles. The van der Waals surface area contributed by atoms with E-state index < -0.39 is 0 Å². The van der Waals surface area contributed by atoms with E-state index in [-0.39, 0.29) is 0 Å². The van der Waals surface area contributed by atoms with Gasteiger partial charge >= 0.3 is 0 Å². The number of fused-ring (bicyclic) bond motifs is 1. The van der Waals surface area contributed by atoms with Crippen LogP contribution in [0.4, 0.5) is 5.82 Å². The number of anilines is 1. The second-order valence-corrected chi connectivity index (χ2v) is 7.36. The van der Waals surface area contributed by atoms with Gasteiger partial charge in [0.05, 0.1) is 18.0 Å². The standard InChI is InChI=1S/C19H28N6O/c1-14-22-18-6-8-25(13-15-10-21-24(2)12-15)7-5-17(18)19(23-14)20-11-16-4-3-9-26-16/h10,12,16H,3-9,11,13H2,1-2H3,(H,20,22,23)/t16-/m0/s1. The van der Waals surface area contributed by atoms with Crippen LogP contribution in [0.3, 0.4) is 0 Å². The molecule has 0 spiro atoms. The third-order valence-electron chi connectivity index (χ3n) is 5.23. The van der Waals surface area contributed by atoms with Gasteiger partial charge in [0.2, 0.25) is 0 Å². The molecule has 0 unspecified atom stereocenters.